The minimum Gasteiger partial charge on any atom is -0.394 e. The van der Waals surface area contributed by atoms with Gasteiger partial charge in [0.1, 0.15) is 67.1 Å². The molecule has 9 aliphatic rings. The Hall–Kier alpha value is -0.940. The van der Waals surface area contributed by atoms with Gasteiger partial charge in [0.2, 0.25) is 0 Å². The third kappa shape index (κ3) is 7.49. The fourth-order valence-corrected chi connectivity index (χ4v) is 14.0. The van der Waals surface area contributed by atoms with E-state index in [1.807, 2.05) is 0 Å². The molecule has 5 heterocycles. The van der Waals surface area contributed by atoms with Crippen LogP contribution in [-0.2, 0) is 37.9 Å². The molecule has 0 amide bonds. The first-order valence-corrected chi connectivity index (χ1v) is 23.4. The summed E-state index contributed by atoms with van der Waals surface area (Å²) in [6, 6.07) is 0. The standard InChI is InChI=1S/C45H72O17/c1-19-8-13-45(55-18-19)20(2)30-27(62-45)15-26-24-7-6-22-14-23(9-11-43(22,4)25(24)10-12-44(26,30)5)57-42-39(61-40-36(53)34(51)31(48)21(3)56-40)38(33(50)29(17-47)59-42)60-41-37(54)35(52)32(49)28(16-46)58-41/h6,19-21,23-42,46-54H,7-18H2,1-5H3/t19-,20-,21-,23-,24+,25-,26-,27-,28+,29+,30-,31-,32+,33+,34+,35-,36+,37+,38-,39+,40-,41-,42-,43-,44-,45+/m0/s1. The smallest absolute Gasteiger partial charge is 0.187 e. The molecule has 9 N–H and O–H groups in total. The quantitative estimate of drug-likeness (QED) is 0.148. The lowest BCUT2D eigenvalue weighted by Gasteiger charge is -2.59. The number of ether oxygens (including phenoxy) is 8. The molecule has 62 heavy (non-hydrogen) atoms. The van der Waals surface area contributed by atoms with Crippen LogP contribution in [0.2, 0.25) is 0 Å². The van der Waals surface area contributed by atoms with Crippen LogP contribution in [0, 0.1) is 46.3 Å². The highest BCUT2D eigenvalue weighted by Gasteiger charge is 2.69. The molecule has 1 spiro atoms. The van der Waals surface area contributed by atoms with Crippen molar-refractivity contribution in [3.63, 3.8) is 0 Å². The van der Waals surface area contributed by atoms with Crippen LogP contribution in [0.4, 0.5) is 0 Å². The molecule has 5 saturated heterocycles. The number of allylic oxidation sites excluding steroid dienone is 1. The third-order valence-corrected chi connectivity index (χ3v) is 17.7. The first kappa shape index (κ1) is 46.2. The maximum Gasteiger partial charge on any atom is 0.187 e. The van der Waals surface area contributed by atoms with Crippen LogP contribution in [0.25, 0.3) is 0 Å². The minimum absolute atomic E-state index is 0.0484. The highest BCUT2D eigenvalue weighted by Crippen LogP contribution is 2.70. The molecule has 354 valence electrons. The number of rotatable bonds is 8. The molecule has 5 aliphatic heterocycles. The van der Waals surface area contributed by atoms with Crippen LogP contribution in [0.1, 0.15) is 92.4 Å². The first-order chi connectivity index (χ1) is 29.4. The van der Waals surface area contributed by atoms with Crippen LogP contribution in [0.3, 0.4) is 0 Å². The Labute approximate surface area is 363 Å². The second kappa shape index (κ2) is 17.3. The Bertz CT molecular complexity index is 1610. The lowest BCUT2D eigenvalue weighted by atomic mass is 9.47. The average molecular weight is 885 g/mol. The van der Waals surface area contributed by atoms with Gasteiger partial charge < -0.3 is 83.9 Å². The summed E-state index contributed by atoms with van der Waals surface area (Å²) in [7, 11) is 0. The van der Waals surface area contributed by atoms with E-state index in [0.717, 1.165) is 51.6 Å². The predicted octanol–water partition coefficient (Wildman–Crippen LogP) is 0.214. The fraction of sp³-hybridized carbons (Fsp3) is 0.956. The molecular formula is C45H72O17. The lowest BCUT2D eigenvalue weighted by molar-refractivity contribution is -0.394. The zero-order chi connectivity index (χ0) is 44.2. The van der Waals surface area contributed by atoms with Crippen molar-refractivity contribution in [3.8, 4) is 0 Å². The summed E-state index contributed by atoms with van der Waals surface area (Å²) in [6.07, 6.45) is -12.4. The zero-order valence-electron chi connectivity index (χ0n) is 36.6. The fourth-order valence-electron chi connectivity index (χ4n) is 14.0. The number of aliphatic hydroxyl groups is 9. The van der Waals surface area contributed by atoms with Gasteiger partial charge in [0.15, 0.2) is 24.7 Å². The molecule has 8 fully saturated rings. The molecular weight excluding hydrogens is 812 g/mol. The summed E-state index contributed by atoms with van der Waals surface area (Å²) in [4.78, 5) is 0. The molecule has 3 saturated carbocycles. The van der Waals surface area contributed by atoms with Crippen molar-refractivity contribution in [1.29, 1.82) is 0 Å². The summed E-state index contributed by atoms with van der Waals surface area (Å²) in [5.41, 5.74) is 1.45. The summed E-state index contributed by atoms with van der Waals surface area (Å²) in [5.74, 6) is 2.52. The molecule has 0 radical (unpaired) electrons. The second-order valence-electron chi connectivity index (χ2n) is 21.1. The van der Waals surface area contributed by atoms with Crippen LogP contribution in [0.15, 0.2) is 11.6 Å². The zero-order valence-corrected chi connectivity index (χ0v) is 36.6. The number of aliphatic hydroxyl groups excluding tert-OH is 9. The molecule has 9 rings (SSSR count). The highest BCUT2D eigenvalue weighted by atomic mass is 16.8. The van der Waals surface area contributed by atoms with Crippen molar-refractivity contribution in [2.24, 2.45) is 46.3 Å². The Kier molecular flexibility index (Phi) is 12.9. The SMILES string of the molecule is C[C@H]1CC[C@@]2(OC1)O[C@H]1C[C@H]3[C@@H]4CC=C5C[C@@H](O[C@H]6O[C@H](CO)[C@@H](O)[C@H](O[C@@H]7O[C@H](CO)[C@@H](O)[C@H](O)[C@H]7O)[C@H]6O[C@@H]6O[C@@H](C)[C@H](O)[C@@H](O)[C@H]6O)CC[C@]5(C)[C@H]4CC[C@]3(C)[C@H]1[C@@H]2C. The Morgan fingerprint density at radius 3 is 2.03 bits per heavy atom. The second-order valence-corrected chi connectivity index (χ2v) is 21.1. The molecule has 0 aromatic heterocycles. The molecule has 17 heteroatoms. The maximum absolute atomic E-state index is 11.6. The molecule has 0 unspecified atom stereocenters. The lowest BCUT2D eigenvalue weighted by Crippen LogP contribution is -2.67. The largest absolute Gasteiger partial charge is 0.394 e. The monoisotopic (exact) mass is 884 g/mol. The van der Waals surface area contributed by atoms with Gasteiger partial charge in [-0.05, 0) is 98.7 Å². The Morgan fingerprint density at radius 1 is 0.677 bits per heavy atom. The van der Waals surface area contributed by atoms with E-state index in [-0.39, 0.29) is 16.9 Å². The first-order valence-electron chi connectivity index (χ1n) is 23.4. The molecule has 0 bridgehead atoms. The van der Waals surface area contributed by atoms with E-state index in [2.05, 4.69) is 33.8 Å². The van der Waals surface area contributed by atoms with Crippen molar-refractivity contribution in [1.82, 2.24) is 0 Å². The molecule has 4 aliphatic carbocycles. The van der Waals surface area contributed by atoms with E-state index >= 15 is 0 Å². The highest BCUT2D eigenvalue weighted by molar-refractivity contribution is 5.26. The molecule has 0 aromatic rings. The van der Waals surface area contributed by atoms with Gasteiger partial charge >= 0.3 is 0 Å². The maximum atomic E-state index is 11.6. The third-order valence-electron chi connectivity index (χ3n) is 17.7. The molecule has 26 atom stereocenters. The average Bonchev–Trinajstić information content (AvgIpc) is 3.70. The topological polar surface area (TPSA) is 256 Å². The molecule has 0 aromatic carbocycles. The molecule has 17 nitrogen and oxygen atoms in total. The van der Waals surface area contributed by atoms with Crippen molar-refractivity contribution in [2.75, 3.05) is 19.8 Å². The summed E-state index contributed by atoms with van der Waals surface area (Å²) in [6.45, 7) is 10.4. The normalized spacial score (nSPS) is 57.6. The summed E-state index contributed by atoms with van der Waals surface area (Å²) >= 11 is 0. The van der Waals surface area contributed by atoms with Crippen molar-refractivity contribution in [3.05, 3.63) is 11.6 Å². The van der Waals surface area contributed by atoms with Gasteiger partial charge in [-0.1, -0.05) is 39.3 Å². The van der Waals surface area contributed by atoms with Gasteiger partial charge in [0.25, 0.3) is 0 Å². The van der Waals surface area contributed by atoms with Crippen LogP contribution in [0.5, 0.6) is 0 Å². The number of hydrogen-bond donors (Lipinski definition) is 9. The van der Waals surface area contributed by atoms with E-state index in [1.54, 1.807) is 0 Å². The number of fused-ring (bicyclic) bond motifs is 7. The summed E-state index contributed by atoms with van der Waals surface area (Å²) in [5, 5.41) is 95.8. The van der Waals surface area contributed by atoms with Gasteiger partial charge in [0, 0.05) is 12.3 Å². The van der Waals surface area contributed by atoms with Gasteiger partial charge in [-0.3, -0.25) is 0 Å². The predicted molar refractivity (Wildman–Crippen MR) is 214 cm³/mol. The summed E-state index contributed by atoms with van der Waals surface area (Å²) < 4.78 is 50.3. The van der Waals surface area contributed by atoms with E-state index < -0.39 is 117 Å². The van der Waals surface area contributed by atoms with Crippen LogP contribution < -0.4 is 0 Å². The van der Waals surface area contributed by atoms with Gasteiger partial charge in [-0.25, -0.2) is 0 Å². The Balaban J connectivity index is 0.940. The van der Waals surface area contributed by atoms with Crippen molar-refractivity contribution < 1.29 is 83.9 Å². The minimum atomic E-state index is -1.84. The van der Waals surface area contributed by atoms with Crippen LogP contribution in [-0.4, -0.2) is 176 Å². The Morgan fingerprint density at radius 2 is 1.34 bits per heavy atom. The van der Waals surface area contributed by atoms with Gasteiger partial charge in [-0.15, -0.1) is 0 Å². The van der Waals surface area contributed by atoms with E-state index in [9.17, 15) is 46.0 Å². The number of hydrogen-bond acceptors (Lipinski definition) is 17. The van der Waals surface area contributed by atoms with E-state index in [1.165, 1.54) is 12.5 Å². The van der Waals surface area contributed by atoms with E-state index in [4.69, 9.17) is 37.9 Å². The van der Waals surface area contributed by atoms with Crippen molar-refractivity contribution >= 4 is 0 Å². The van der Waals surface area contributed by atoms with Gasteiger partial charge in [0.05, 0.1) is 38.1 Å². The van der Waals surface area contributed by atoms with Gasteiger partial charge in [-0.2, -0.15) is 0 Å². The van der Waals surface area contributed by atoms with Crippen LogP contribution >= 0.6 is 0 Å². The van der Waals surface area contributed by atoms with Crippen molar-refractivity contribution in [2.45, 2.75) is 203 Å². The van der Waals surface area contributed by atoms with E-state index in [0.29, 0.717) is 48.3 Å².